The largest absolute Gasteiger partial charge is 0.493 e. The van der Waals surface area contributed by atoms with Gasteiger partial charge in [-0.3, -0.25) is 4.90 Å². The van der Waals surface area contributed by atoms with E-state index < -0.39 is 0 Å². The van der Waals surface area contributed by atoms with E-state index in [1.165, 1.54) is 0 Å². The topological polar surface area (TPSA) is 66.0 Å². The fourth-order valence-corrected chi connectivity index (χ4v) is 3.81. The fourth-order valence-electron chi connectivity index (χ4n) is 3.81. The van der Waals surface area contributed by atoms with Gasteiger partial charge in [-0.25, -0.2) is 9.97 Å². The van der Waals surface area contributed by atoms with Crippen molar-refractivity contribution >= 4 is 16.7 Å². The molecule has 4 rings (SSSR count). The molecule has 152 valence electrons. The highest BCUT2D eigenvalue weighted by atomic mass is 16.5. The molecule has 2 aromatic rings. The number of fused-ring (bicyclic) bond motifs is 1. The summed E-state index contributed by atoms with van der Waals surface area (Å²) >= 11 is 0. The van der Waals surface area contributed by atoms with Crippen LogP contribution < -0.4 is 19.7 Å². The van der Waals surface area contributed by atoms with Gasteiger partial charge < -0.3 is 24.6 Å². The summed E-state index contributed by atoms with van der Waals surface area (Å²) in [4.78, 5) is 16.1. The lowest BCUT2D eigenvalue weighted by Gasteiger charge is -2.32. The molecule has 8 heteroatoms. The van der Waals surface area contributed by atoms with Crippen LogP contribution in [0.5, 0.6) is 11.5 Å². The van der Waals surface area contributed by atoms with Gasteiger partial charge in [0.1, 0.15) is 18.8 Å². The van der Waals surface area contributed by atoms with Crippen molar-refractivity contribution in [3.63, 3.8) is 0 Å². The molecule has 28 heavy (non-hydrogen) atoms. The van der Waals surface area contributed by atoms with E-state index in [1.54, 1.807) is 13.4 Å². The third-order valence-electron chi connectivity index (χ3n) is 5.58. The number of hydrogen-bond donors (Lipinski definition) is 1. The first-order valence-corrected chi connectivity index (χ1v) is 10.1. The molecule has 0 atom stereocenters. The molecule has 0 radical (unpaired) electrons. The van der Waals surface area contributed by atoms with Crippen molar-refractivity contribution in [3.8, 4) is 11.5 Å². The molecule has 0 saturated carbocycles. The van der Waals surface area contributed by atoms with Crippen molar-refractivity contribution in [1.29, 1.82) is 0 Å². The van der Waals surface area contributed by atoms with Gasteiger partial charge in [-0.05, 0) is 13.1 Å². The molecule has 1 N–H and O–H groups in total. The van der Waals surface area contributed by atoms with Crippen LogP contribution in [0.25, 0.3) is 10.9 Å². The van der Waals surface area contributed by atoms with Crippen LogP contribution in [-0.4, -0.2) is 99.4 Å². The second-order valence-electron chi connectivity index (χ2n) is 7.45. The van der Waals surface area contributed by atoms with Crippen LogP contribution in [0, 0.1) is 0 Å². The number of methoxy groups -OCH3 is 1. The first-order valence-electron chi connectivity index (χ1n) is 10.1. The van der Waals surface area contributed by atoms with Gasteiger partial charge >= 0.3 is 0 Å². The van der Waals surface area contributed by atoms with Gasteiger partial charge in [0.05, 0.1) is 12.6 Å². The molecule has 1 aromatic heterocycles. The maximum atomic E-state index is 6.09. The summed E-state index contributed by atoms with van der Waals surface area (Å²) in [5.74, 6) is 2.44. The van der Waals surface area contributed by atoms with Crippen LogP contribution in [0.15, 0.2) is 18.5 Å². The smallest absolute Gasteiger partial charge is 0.163 e. The Morgan fingerprint density at radius 1 is 1.00 bits per heavy atom. The Kier molecular flexibility index (Phi) is 6.09. The van der Waals surface area contributed by atoms with Gasteiger partial charge in [0, 0.05) is 70.4 Å². The number of benzene rings is 1. The van der Waals surface area contributed by atoms with Crippen molar-refractivity contribution in [2.24, 2.45) is 0 Å². The Hall–Kier alpha value is -2.16. The average molecular weight is 387 g/mol. The van der Waals surface area contributed by atoms with E-state index in [2.05, 4.69) is 37.0 Å². The zero-order chi connectivity index (χ0) is 19.3. The van der Waals surface area contributed by atoms with E-state index in [0.29, 0.717) is 6.61 Å². The van der Waals surface area contributed by atoms with Crippen LogP contribution >= 0.6 is 0 Å². The van der Waals surface area contributed by atoms with Crippen LogP contribution in [-0.2, 0) is 0 Å². The molecule has 3 heterocycles. The predicted octanol–water partition coefficient (Wildman–Crippen LogP) is 0.674. The van der Waals surface area contributed by atoms with Crippen LogP contribution in [0.2, 0.25) is 0 Å². The second kappa shape index (κ2) is 8.89. The minimum atomic E-state index is 0.640. The number of piperazine rings is 2. The molecule has 0 bridgehead atoms. The quantitative estimate of drug-likeness (QED) is 0.777. The first-order chi connectivity index (χ1) is 13.7. The number of hydrogen-bond acceptors (Lipinski definition) is 8. The van der Waals surface area contributed by atoms with Crippen molar-refractivity contribution < 1.29 is 9.47 Å². The Morgan fingerprint density at radius 3 is 2.54 bits per heavy atom. The highest BCUT2D eigenvalue weighted by Gasteiger charge is 2.18. The third kappa shape index (κ3) is 4.29. The molecule has 8 nitrogen and oxygen atoms in total. The monoisotopic (exact) mass is 386 g/mol. The molecule has 0 aliphatic carbocycles. The number of anilines is 1. The lowest BCUT2D eigenvalue weighted by molar-refractivity contribution is 0.133. The van der Waals surface area contributed by atoms with E-state index in [1.807, 2.05) is 12.1 Å². The standard InChI is InChI=1S/C20H30N6O2/c1-24-7-9-25(10-8-24)11-12-28-19-14-17-16(13-18(19)27-2)20(23-15-22-17)26-5-3-21-4-6-26/h13-15,21H,3-12H2,1-2H3. The van der Waals surface area contributed by atoms with Gasteiger partial charge in [0.25, 0.3) is 0 Å². The first kappa shape index (κ1) is 19.2. The molecule has 2 aliphatic rings. The summed E-state index contributed by atoms with van der Waals surface area (Å²) in [6.45, 7) is 9.80. The molecule has 2 saturated heterocycles. The number of nitrogens with zero attached hydrogens (tertiary/aromatic N) is 5. The van der Waals surface area contributed by atoms with Crippen molar-refractivity contribution in [3.05, 3.63) is 18.5 Å². The molecule has 2 fully saturated rings. The molecular weight excluding hydrogens is 356 g/mol. The second-order valence-corrected chi connectivity index (χ2v) is 7.45. The minimum Gasteiger partial charge on any atom is -0.493 e. The van der Waals surface area contributed by atoms with E-state index >= 15 is 0 Å². The normalized spacial score (nSPS) is 19.1. The van der Waals surface area contributed by atoms with Crippen LogP contribution in [0.4, 0.5) is 5.82 Å². The fraction of sp³-hybridized carbons (Fsp3) is 0.600. The van der Waals surface area contributed by atoms with Gasteiger partial charge in [-0.15, -0.1) is 0 Å². The summed E-state index contributed by atoms with van der Waals surface area (Å²) in [5, 5.41) is 4.39. The zero-order valence-corrected chi connectivity index (χ0v) is 16.9. The number of nitrogens with one attached hydrogen (secondary N) is 1. The van der Waals surface area contributed by atoms with E-state index in [9.17, 15) is 0 Å². The maximum Gasteiger partial charge on any atom is 0.163 e. The van der Waals surface area contributed by atoms with Gasteiger partial charge in [0.15, 0.2) is 11.5 Å². The Morgan fingerprint density at radius 2 is 1.79 bits per heavy atom. The molecule has 0 unspecified atom stereocenters. The van der Waals surface area contributed by atoms with E-state index in [0.717, 1.165) is 87.1 Å². The summed E-state index contributed by atoms with van der Waals surface area (Å²) in [6, 6.07) is 3.99. The average Bonchev–Trinajstić information content (AvgIpc) is 2.74. The summed E-state index contributed by atoms with van der Waals surface area (Å²) in [7, 11) is 3.85. The summed E-state index contributed by atoms with van der Waals surface area (Å²) in [5.41, 5.74) is 0.888. The summed E-state index contributed by atoms with van der Waals surface area (Å²) in [6.07, 6.45) is 1.64. The van der Waals surface area contributed by atoms with Gasteiger partial charge in [-0.1, -0.05) is 0 Å². The molecule has 0 spiro atoms. The van der Waals surface area contributed by atoms with Gasteiger partial charge in [-0.2, -0.15) is 0 Å². The van der Waals surface area contributed by atoms with E-state index in [4.69, 9.17) is 9.47 Å². The van der Waals surface area contributed by atoms with Crippen LogP contribution in [0.3, 0.4) is 0 Å². The van der Waals surface area contributed by atoms with Crippen molar-refractivity contribution in [2.45, 2.75) is 0 Å². The van der Waals surface area contributed by atoms with Crippen molar-refractivity contribution in [2.75, 3.05) is 84.6 Å². The minimum absolute atomic E-state index is 0.640. The number of ether oxygens (including phenoxy) is 2. The maximum absolute atomic E-state index is 6.09. The van der Waals surface area contributed by atoms with Crippen molar-refractivity contribution in [1.82, 2.24) is 25.1 Å². The van der Waals surface area contributed by atoms with Crippen LogP contribution in [0.1, 0.15) is 0 Å². The summed E-state index contributed by atoms with van der Waals surface area (Å²) < 4.78 is 11.7. The molecule has 2 aliphatic heterocycles. The number of rotatable bonds is 6. The Labute approximate surface area is 166 Å². The number of likely N-dealkylation sites (N-methyl/N-ethyl adjacent to an activating group) is 1. The lowest BCUT2D eigenvalue weighted by atomic mass is 10.2. The third-order valence-corrected chi connectivity index (χ3v) is 5.58. The lowest BCUT2D eigenvalue weighted by Crippen LogP contribution is -2.45. The Bertz CT molecular complexity index is 788. The van der Waals surface area contributed by atoms with E-state index in [-0.39, 0.29) is 0 Å². The molecule has 0 amide bonds. The number of aromatic nitrogens is 2. The highest BCUT2D eigenvalue weighted by molar-refractivity contribution is 5.92. The highest BCUT2D eigenvalue weighted by Crippen LogP contribution is 2.35. The van der Waals surface area contributed by atoms with Gasteiger partial charge in [0.2, 0.25) is 0 Å². The predicted molar refractivity (Wildman–Crippen MR) is 111 cm³/mol. The molecular formula is C20H30N6O2. The molecule has 1 aromatic carbocycles. The Balaban J connectivity index is 1.49. The SMILES string of the molecule is COc1cc2c(N3CCNCC3)ncnc2cc1OCCN1CCN(C)CC1. The zero-order valence-electron chi connectivity index (χ0n) is 16.9.